The Hall–Kier alpha value is -2.07. The topological polar surface area (TPSA) is 47.6 Å². The fourth-order valence-corrected chi connectivity index (χ4v) is 2.25. The lowest BCUT2D eigenvalue weighted by atomic mass is 9.97. The normalized spacial score (nSPS) is 12.2. The van der Waals surface area contributed by atoms with Crippen LogP contribution in [0.1, 0.15) is 11.6 Å². The first-order valence-electron chi connectivity index (χ1n) is 6.03. The zero-order chi connectivity index (χ0) is 13.8. The molecule has 2 aromatic carbocycles. The van der Waals surface area contributed by atoms with Crippen LogP contribution in [0.5, 0.6) is 5.75 Å². The van der Waals surface area contributed by atoms with E-state index in [1.807, 2.05) is 36.4 Å². The zero-order valence-corrected chi connectivity index (χ0v) is 11.3. The summed E-state index contributed by atoms with van der Waals surface area (Å²) in [5, 5.41) is 5.02. The van der Waals surface area contributed by atoms with Gasteiger partial charge in [-0.25, -0.2) is 4.79 Å². The lowest BCUT2D eigenvalue weighted by Crippen LogP contribution is -2.27. The maximum atomic E-state index is 11.9. The first kappa shape index (κ1) is 13.4. The van der Waals surface area contributed by atoms with Crippen LogP contribution in [0.3, 0.4) is 0 Å². The van der Waals surface area contributed by atoms with E-state index >= 15 is 0 Å². The van der Waals surface area contributed by atoms with E-state index in [-0.39, 0.29) is 5.97 Å². The zero-order valence-electron chi connectivity index (χ0n) is 11.3. The fraction of sp³-hybridized carbons (Fsp3) is 0.267. The summed E-state index contributed by atoms with van der Waals surface area (Å²) in [6, 6.07) is 11.2. The molecule has 0 amide bonds. The van der Waals surface area contributed by atoms with Crippen molar-refractivity contribution in [2.24, 2.45) is 0 Å². The van der Waals surface area contributed by atoms with Crippen LogP contribution in [-0.4, -0.2) is 27.2 Å². The molecule has 0 radical (unpaired) electrons. The maximum Gasteiger partial charge on any atom is 0.327 e. The first-order chi connectivity index (χ1) is 9.22. The Morgan fingerprint density at radius 1 is 1.16 bits per heavy atom. The van der Waals surface area contributed by atoms with Crippen molar-refractivity contribution in [3.8, 4) is 5.75 Å². The Morgan fingerprint density at radius 3 is 2.53 bits per heavy atom. The fourth-order valence-electron chi connectivity index (χ4n) is 2.25. The monoisotopic (exact) mass is 259 g/mol. The van der Waals surface area contributed by atoms with Gasteiger partial charge in [0.25, 0.3) is 0 Å². The molecule has 4 nitrogen and oxygen atoms in total. The lowest BCUT2D eigenvalue weighted by molar-refractivity contribution is -0.143. The van der Waals surface area contributed by atoms with E-state index in [0.717, 1.165) is 16.3 Å². The van der Waals surface area contributed by atoms with Crippen molar-refractivity contribution in [2.75, 3.05) is 21.3 Å². The minimum atomic E-state index is -0.550. The predicted molar refractivity (Wildman–Crippen MR) is 74.3 cm³/mol. The molecular weight excluding hydrogens is 242 g/mol. The molecule has 0 heterocycles. The van der Waals surface area contributed by atoms with Crippen LogP contribution in [0.4, 0.5) is 0 Å². The minimum absolute atomic E-state index is 0.336. The standard InChI is InChI=1S/C15H17NO3/c1-16-14(15(17)19-3)13-11-7-5-4-6-10(11)8-9-12(13)18-2/h4-9,14,16H,1-3H3. The van der Waals surface area contributed by atoms with Gasteiger partial charge in [0, 0.05) is 5.56 Å². The van der Waals surface area contributed by atoms with E-state index in [1.54, 1.807) is 14.2 Å². The van der Waals surface area contributed by atoms with E-state index < -0.39 is 6.04 Å². The average Bonchev–Trinajstić information content (AvgIpc) is 2.47. The molecule has 0 fully saturated rings. The van der Waals surface area contributed by atoms with E-state index in [0.29, 0.717) is 5.75 Å². The van der Waals surface area contributed by atoms with Crippen LogP contribution >= 0.6 is 0 Å². The van der Waals surface area contributed by atoms with E-state index in [1.165, 1.54) is 7.11 Å². The van der Waals surface area contributed by atoms with Gasteiger partial charge >= 0.3 is 5.97 Å². The van der Waals surface area contributed by atoms with Gasteiger partial charge < -0.3 is 14.8 Å². The highest BCUT2D eigenvalue weighted by molar-refractivity contribution is 5.93. The van der Waals surface area contributed by atoms with Gasteiger partial charge in [-0.3, -0.25) is 0 Å². The summed E-state index contributed by atoms with van der Waals surface area (Å²) in [4.78, 5) is 11.9. The molecular formula is C15H17NO3. The van der Waals surface area contributed by atoms with E-state index in [4.69, 9.17) is 9.47 Å². The number of fused-ring (bicyclic) bond motifs is 1. The number of esters is 1. The first-order valence-corrected chi connectivity index (χ1v) is 6.03. The number of methoxy groups -OCH3 is 2. The number of carbonyl (C=O) groups is 1. The molecule has 0 saturated carbocycles. The Kier molecular flexibility index (Phi) is 4.02. The van der Waals surface area contributed by atoms with Gasteiger partial charge in [0.15, 0.2) is 0 Å². The number of hydrogen-bond donors (Lipinski definition) is 1. The second kappa shape index (κ2) is 5.71. The summed E-state index contributed by atoms with van der Waals surface area (Å²) >= 11 is 0. The smallest absolute Gasteiger partial charge is 0.327 e. The van der Waals surface area contributed by atoms with E-state index in [9.17, 15) is 4.79 Å². The van der Waals surface area contributed by atoms with Crippen LogP contribution in [0, 0.1) is 0 Å². The van der Waals surface area contributed by atoms with Crippen molar-refractivity contribution >= 4 is 16.7 Å². The number of carbonyl (C=O) groups excluding carboxylic acids is 1. The van der Waals surface area contributed by atoms with Crippen molar-refractivity contribution in [1.82, 2.24) is 5.32 Å². The molecule has 0 aliphatic rings. The molecule has 19 heavy (non-hydrogen) atoms. The molecule has 0 aliphatic heterocycles. The number of nitrogens with one attached hydrogen (secondary N) is 1. The number of likely N-dealkylation sites (N-methyl/N-ethyl adjacent to an activating group) is 1. The summed E-state index contributed by atoms with van der Waals surface area (Å²) in [7, 11) is 4.70. The van der Waals surface area contributed by atoms with Crippen molar-refractivity contribution < 1.29 is 14.3 Å². The highest BCUT2D eigenvalue weighted by Gasteiger charge is 2.25. The molecule has 1 N–H and O–H groups in total. The van der Waals surface area contributed by atoms with Gasteiger partial charge in [-0.15, -0.1) is 0 Å². The Balaban J connectivity index is 2.70. The SMILES string of the molecule is CNC(C(=O)OC)c1c(OC)ccc2ccccc12. The van der Waals surface area contributed by atoms with Crippen molar-refractivity contribution in [1.29, 1.82) is 0 Å². The Morgan fingerprint density at radius 2 is 1.89 bits per heavy atom. The van der Waals surface area contributed by atoms with Gasteiger partial charge in [0.2, 0.25) is 0 Å². The van der Waals surface area contributed by atoms with Crippen LogP contribution in [0.15, 0.2) is 36.4 Å². The van der Waals surface area contributed by atoms with Crippen LogP contribution in [-0.2, 0) is 9.53 Å². The lowest BCUT2D eigenvalue weighted by Gasteiger charge is -2.19. The molecule has 4 heteroatoms. The third kappa shape index (κ3) is 2.39. The van der Waals surface area contributed by atoms with Gasteiger partial charge in [-0.2, -0.15) is 0 Å². The summed E-state index contributed by atoms with van der Waals surface area (Å²) in [6.07, 6.45) is 0. The molecule has 1 atom stereocenters. The van der Waals surface area contributed by atoms with Crippen LogP contribution < -0.4 is 10.1 Å². The molecule has 2 rings (SSSR count). The molecule has 0 aliphatic carbocycles. The van der Waals surface area contributed by atoms with Crippen molar-refractivity contribution in [2.45, 2.75) is 6.04 Å². The molecule has 0 aromatic heterocycles. The molecule has 0 saturated heterocycles. The van der Waals surface area contributed by atoms with Gasteiger partial charge in [-0.05, 0) is 23.9 Å². The Labute approximate surface area is 112 Å². The summed E-state index contributed by atoms with van der Waals surface area (Å²) in [5.74, 6) is 0.334. The largest absolute Gasteiger partial charge is 0.496 e. The molecule has 1 unspecified atom stereocenters. The highest BCUT2D eigenvalue weighted by Crippen LogP contribution is 2.33. The number of benzene rings is 2. The van der Waals surface area contributed by atoms with E-state index in [2.05, 4.69) is 5.32 Å². The highest BCUT2D eigenvalue weighted by atomic mass is 16.5. The third-order valence-electron chi connectivity index (χ3n) is 3.16. The van der Waals surface area contributed by atoms with Crippen LogP contribution in [0.2, 0.25) is 0 Å². The number of ether oxygens (including phenoxy) is 2. The predicted octanol–water partition coefficient (Wildman–Crippen LogP) is 2.28. The van der Waals surface area contributed by atoms with Gasteiger partial charge in [0.1, 0.15) is 11.8 Å². The average molecular weight is 259 g/mol. The second-order valence-electron chi connectivity index (χ2n) is 4.15. The Bertz CT molecular complexity index is 595. The van der Waals surface area contributed by atoms with Crippen molar-refractivity contribution in [3.63, 3.8) is 0 Å². The molecule has 0 bridgehead atoms. The molecule has 2 aromatic rings. The summed E-state index contributed by atoms with van der Waals surface area (Å²) in [6.45, 7) is 0. The quantitative estimate of drug-likeness (QED) is 0.856. The van der Waals surface area contributed by atoms with Crippen molar-refractivity contribution in [3.05, 3.63) is 42.0 Å². The second-order valence-corrected chi connectivity index (χ2v) is 4.15. The van der Waals surface area contributed by atoms with Gasteiger partial charge in [-0.1, -0.05) is 30.3 Å². The maximum absolute atomic E-state index is 11.9. The van der Waals surface area contributed by atoms with Gasteiger partial charge in [0.05, 0.1) is 14.2 Å². The van der Waals surface area contributed by atoms with Crippen LogP contribution in [0.25, 0.3) is 10.8 Å². The minimum Gasteiger partial charge on any atom is -0.496 e. The summed E-state index contributed by atoms with van der Waals surface area (Å²) in [5.41, 5.74) is 0.801. The summed E-state index contributed by atoms with van der Waals surface area (Å²) < 4.78 is 10.2. The molecule has 0 spiro atoms. The number of hydrogen-bond acceptors (Lipinski definition) is 4. The third-order valence-corrected chi connectivity index (χ3v) is 3.16. The molecule has 100 valence electrons. The number of rotatable bonds is 4.